The van der Waals surface area contributed by atoms with E-state index in [1.165, 1.54) is 9.21 Å². The molecular formula is C21H22BrN3O4S. The number of carbonyl (C=O) groups is 2. The maximum atomic E-state index is 13.0. The van der Waals surface area contributed by atoms with E-state index in [4.69, 9.17) is 0 Å². The van der Waals surface area contributed by atoms with Gasteiger partial charge in [-0.05, 0) is 36.8 Å². The van der Waals surface area contributed by atoms with Crippen LogP contribution in [0.15, 0.2) is 57.9 Å². The fraction of sp³-hybridized carbons (Fsp3) is 0.333. The average Bonchev–Trinajstić information content (AvgIpc) is 3.02. The van der Waals surface area contributed by atoms with Gasteiger partial charge in [0.15, 0.2) is 0 Å². The molecule has 9 heteroatoms. The molecule has 2 aromatic rings. The van der Waals surface area contributed by atoms with Crippen molar-refractivity contribution in [2.75, 3.05) is 31.1 Å². The van der Waals surface area contributed by atoms with E-state index < -0.39 is 16.1 Å². The van der Waals surface area contributed by atoms with Gasteiger partial charge in [-0.3, -0.25) is 14.5 Å². The number of aryl methyl sites for hydroxylation is 1. The molecule has 0 spiro atoms. The summed E-state index contributed by atoms with van der Waals surface area (Å²) in [6.07, 6.45) is 0.117. The van der Waals surface area contributed by atoms with Gasteiger partial charge in [-0.15, -0.1) is 0 Å². The van der Waals surface area contributed by atoms with Crippen LogP contribution in [0.1, 0.15) is 12.0 Å². The van der Waals surface area contributed by atoms with Crippen LogP contribution in [0.3, 0.4) is 0 Å². The number of hydrogen-bond acceptors (Lipinski definition) is 5. The van der Waals surface area contributed by atoms with Crippen LogP contribution in [0.5, 0.6) is 0 Å². The standard InChI is InChI=1S/C21H22BrN3O4S/c1-15-5-2-3-8-18(15)25-20(26)14-19(21(25)27)23-9-11-24(12-10-23)30(28,29)17-7-4-6-16(22)13-17/h2-8,13,19H,9-12,14H2,1H3/t19-/m1/s1. The third kappa shape index (κ3) is 3.82. The predicted molar refractivity (Wildman–Crippen MR) is 117 cm³/mol. The first-order valence-electron chi connectivity index (χ1n) is 9.71. The summed E-state index contributed by atoms with van der Waals surface area (Å²) in [7, 11) is -3.60. The van der Waals surface area contributed by atoms with E-state index in [0.29, 0.717) is 23.2 Å². The largest absolute Gasteiger partial charge is 0.289 e. The molecule has 0 unspecified atom stereocenters. The van der Waals surface area contributed by atoms with Gasteiger partial charge in [0.2, 0.25) is 15.9 Å². The summed E-state index contributed by atoms with van der Waals surface area (Å²) >= 11 is 3.31. The van der Waals surface area contributed by atoms with Crippen molar-refractivity contribution in [1.82, 2.24) is 9.21 Å². The number of rotatable bonds is 4. The number of hydrogen-bond donors (Lipinski definition) is 0. The SMILES string of the molecule is Cc1ccccc1N1C(=O)C[C@@H](N2CCN(S(=O)(=O)c3cccc(Br)c3)CC2)C1=O. The van der Waals surface area contributed by atoms with Crippen molar-refractivity contribution in [2.45, 2.75) is 24.3 Å². The molecule has 158 valence electrons. The van der Waals surface area contributed by atoms with Crippen molar-refractivity contribution in [2.24, 2.45) is 0 Å². The van der Waals surface area contributed by atoms with Crippen LogP contribution < -0.4 is 4.90 Å². The Bertz CT molecular complexity index is 1100. The molecule has 2 heterocycles. The lowest BCUT2D eigenvalue weighted by atomic mass is 10.1. The highest BCUT2D eigenvalue weighted by atomic mass is 79.9. The lowest BCUT2D eigenvalue weighted by Crippen LogP contribution is -2.53. The van der Waals surface area contributed by atoms with Gasteiger partial charge in [0.25, 0.3) is 5.91 Å². The van der Waals surface area contributed by atoms with E-state index in [0.717, 1.165) is 5.56 Å². The quantitative estimate of drug-likeness (QED) is 0.613. The topological polar surface area (TPSA) is 78.0 Å². The molecule has 0 bridgehead atoms. The number of para-hydroxylation sites is 1. The zero-order valence-electron chi connectivity index (χ0n) is 16.5. The lowest BCUT2D eigenvalue weighted by Gasteiger charge is -2.36. The number of amides is 2. The second kappa shape index (κ2) is 8.22. The van der Waals surface area contributed by atoms with E-state index in [1.807, 2.05) is 30.0 Å². The molecule has 4 rings (SSSR count). The Balaban J connectivity index is 1.46. The van der Waals surface area contributed by atoms with Crippen LogP contribution in [0.2, 0.25) is 0 Å². The number of carbonyl (C=O) groups excluding carboxylic acids is 2. The molecule has 2 aliphatic rings. The van der Waals surface area contributed by atoms with Crippen molar-refractivity contribution >= 4 is 43.5 Å². The van der Waals surface area contributed by atoms with Gasteiger partial charge in [-0.2, -0.15) is 4.31 Å². The third-order valence-corrected chi connectivity index (χ3v) is 8.01. The molecule has 2 aliphatic heterocycles. The molecule has 0 aliphatic carbocycles. The van der Waals surface area contributed by atoms with Crippen LogP contribution in [0.4, 0.5) is 5.69 Å². The smallest absolute Gasteiger partial charge is 0.251 e. The highest BCUT2D eigenvalue weighted by molar-refractivity contribution is 9.10. The number of piperazine rings is 1. The normalized spacial score (nSPS) is 21.4. The lowest BCUT2D eigenvalue weighted by molar-refractivity contribution is -0.123. The van der Waals surface area contributed by atoms with Crippen molar-refractivity contribution < 1.29 is 18.0 Å². The number of imide groups is 1. The fourth-order valence-corrected chi connectivity index (χ4v) is 6.02. The molecule has 0 radical (unpaired) electrons. The number of anilines is 1. The Morgan fingerprint density at radius 2 is 1.67 bits per heavy atom. The summed E-state index contributed by atoms with van der Waals surface area (Å²) in [5, 5.41) is 0. The average molecular weight is 492 g/mol. The van der Waals surface area contributed by atoms with E-state index in [2.05, 4.69) is 15.9 Å². The van der Waals surface area contributed by atoms with E-state index in [9.17, 15) is 18.0 Å². The summed E-state index contributed by atoms with van der Waals surface area (Å²) in [5.74, 6) is -0.457. The van der Waals surface area contributed by atoms with Crippen LogP contribution in [-0.2, 0) is 19.6 Å². The molecule has 1 atom stereocenters. The van der Waals surface area contributed by atoms with Gasteiger partial charge in [-0.1, -0.05) is 40.2 Å². The van der Waals surface area contributed by atoms with Crippen molar-refractivity contribution in [3.8, 4) is 0 Å². The summed E-state index contributed by atoms with van der Waals surface area (Å²) in [6.45, 7) is 3.22. The molecule has 2 fully saturated rings. The van der Waals surface area contributed by atoms with Gasteiger partial charge in [0, 0.05) is 30.7 Å². The fourth-order valence-electron chi connectivity index (χ4n) is 4.00. The van der Waals surface area contributed by atoms with Gasteiger partial charge in [0.1, 0.15) is 0 Å². The Kier molecular flexibility index (Phi) is 5.80. The molecule has 0 aromatic heterocycles. The Hall–Kier alpha value is -2.07. The van der Waals surface area contributed by atoms with Crippen LogP contribution in [-0.4, -0.2) is 61.7 Å². The maximum absolute atomic E-state index is 13.0. The van der Waals surface area contributed by atoms with Crippen LogP contribution in [0.25, 0.3) is 0 Å². The molecule has 30 heavy (non-hydrogen) atoms. The van der Waals surface area contributed by atoms with Gasteiger partial charge in [-0.25, -0.2) is 13.3 Å². The van der Waals surface area contributed by atoms with Crippen molar-refractivity contribution in [3.05, 3.63) is 58.6 Å². The third-order valence-electron chi connectivity index (χ3n) is 5.63. The van der Waals surface area contributed by atoms with Crippen LogP contribution in [0, 0.1) is 6.92 Å². The van der Waals surface area contributed by atoms with Gasteiger partial charge in [0.05, 0.1) is 23.0 Å². The summed E-state index contributed by atoms with van der Waals surface area (Å²) in [4.78, 5) is 29.1. The van der Waals surface area contributed by atoms with E-state index >= 15 is 0 Å². The summed E-state index contributed by atoms with van der Waals surface area (Å²) in [6, 6.07) is 13.4. The Morgan fingerprint density at radius 1 is 0.967 bits per heavy atom. The molecule has 2 amide bonds. The molecule has 2 saturated heterocycles. The minimum atomic E-state index is -3.60. The molecule has 0 saturated carbocycles. The predicted octanol–water partition coefficient (Wildman–Crippen LogP) is 2.40. The van der Waals surface area contributed by atoms with Crippen molar-refractivity contribution in [1.29, 1.82) is 0 Å². The first-order valence-corrected chi connectivity index (χ1v) is 11.9. The number of nitrogens with zero attached hydrogens (tertiary/aromatic N) is 3. The van der Waals surface area contributed by atoms with Crippen LogP contribution >= 0.6 is 15.9 Å². The Morgan fingerprint density at radius 3 is 2.33 bits per heavy atom. The number of halogens is 1. The minimum absolute atomic E-state index is 0.117. The monoisotopic (exact) mass is 491 g/mol. The first-order chi connectivity index (χ1) is 14.3. The highest BCUT2D eigenvalue weighted by Gasteiger charge is 2.44. The number of benzene rings is 2. The summed E-state index contributed by atoms with van der Waals surface area (Å²) in [5.41, 5.74) is 1.48. The maximum Gasteiger partial charge on any atom is 0.251 e. The second-order valence-corrected chi connectivity index (χ2v) is 10.3. The summed E-state index contributed by atoms with van der Waals surface area (Å²) < 4.78 is 28.0. The van der Waals surface area contributed by atoms with E-state index in [-0.39, 0.29) is 36.2 Å². The first kappa shape index (κ1) is 21.2. The molecule has 2 aromatic carbocycles. The van der Waals surface area contributed by atoms with Crippen molar-refractivity contribution in [3.63, 3.8) is 0 Å². The van der Waals surface area contributed by atoms with Gasteiger partial charge < -0.3 is 0 Å². The molecule has 0 N–H and O–H groups in total. The minimum Gasteiger partial charge on any atom is -0.289 e. The Labute approximate surface area is 184 Å². The zero-order valence-corrected chi connectivity index (χ0v) is 18.9. The van der Waals surface area contributed by atoms with Gasteiger partial charge >= 0.3 is 0 Å². The highest BCUT2D eigenvalue weighted by Crippen LogP contribution is 2.29. The zero-order chi connectivity index (χ0) is 21.5. The molecular weight excluding hydrogens is 470 g/mol. The van der Waals surface area contributed by atoms with E-state index in [1.54, 1.807) is 30.3 Å². The second-order valence-electron chi connectivity index (χ2n) is 7.47. The molecule has 7 nitrogen and oxygen atoms in total. The number of sulfonamides is 1.